The van der Waals surface area contributed by atoms with Crippen molar-refractivity contribution in [3.63, 3.8) is 0 Å². The van der Waals surface area contributed by atoms with Crippen LogP contribution < -0.4 is 5.73 Å². The zero-order chi connectivity index (χ0) is 15.0. The van der Waals surface area contributed by atoms with Gasteiger partial charge in [-0.2, -0.15) is 0 Å². The summed E-state index contributed by atoms with van der Waals surface area (Å²) in [5, 5.41) is 9.66. The van der Waals surface area contributed by atoms with Gasteiger partial charge in [0.2, 0.25) is 5.91 Å². The fraction of sp³-hybridized carbons (Fsp3) is 0.588. The molecule has 114 valence electrons. The van der Waals surface area contributed by atoms with E-state index in [1.54, 1.807) is 6.07 Å². The van der Waals surface area contributed by atoms with Crippen LogP contribution in [0.2, 0.25) is 0 Å². The van der Waals surface area contributed by atoms with Crippen molar-refractivity contribution in [2.45, 2.75) is 56.7 Å². The van der Waals surface area contributed by atoms with E-state index in [-0.39, 0.29) is 12.0 Å². The Morgan fingerprint density at radius 1 is 1.38 bits per heavy atom. The van der Waals surface area contributed by atoms with Crippen LogP contribution in [-0.4, -0.2) is 40.6 Å². The van der Waals surface area contributed by atoms with Crippen LogP contribution in [0, 0.1) is 0 Å². The molecular formula is C17H24N2O2. The molecule has 0 aromatic heterocycles. The molecule has 1 aromatic rings. The number of aliphatic hydroxyl groups excluding tert-OH is 1. The Morgan fingerprint density at radius 3 is 2.62 bits per heavy atom. The maximum Gasteiger partial charge on any atom is 0.248 e. The first-order valence-corrected chi connectivity index (χ1v) is 7.88. The van der Waals surface area contributed by atoms with E-state index in [0.29, 0.717) is 23.6 Å². The molecule has 2 heterocycles. The minimum absolute atomic E-state index is 0.261. The van der Waals surface area contributed by atoms with Crippen molar-refractivity contribution >= 4 is 5.91 Å². The Kier molecular flexibility index (Phi) is 4.00. The van der Waals surface area contributed by atoms with Crippen molar-refractivity contribution in [3.8, 4) is 0 Å². The van der Waals surface area contributed by atoms with Gasteiger partial charge in [0.1, 0.15) is 0 Å². The normalized spacial score (nSPS) is 30.3. The topological polar surface area (TPSA) is 66.6 Å². The SMILES string of the molecule is CC(O)CN1[C@@H]2CC[C@H]1C[C@@H](c1cccc(C(N)=O)c1)C2. The Bertz CT molecular complexity index is 515. The number of benzene rings is 1. The molecule has 0 radical (unpaired) electrons. The molecule has 3 rings (SSSR count). The number of piperidine rings is 1. The van der Waals surface area contributed by atoms with Crippen LogP contribution in [0.4, 0.5) is 0 Å². The van der Waals surface area contributed by atoms with Crippen LogP contribution >= 0.6 is 0 Å². The number of aliphatic hydroxyl groups is 1. The first-order chi connectivity index (χ1) is 10.0. The fourth-order valence-electron chi connectivity index (χ4n) is 4.10. The summed E-state index contributed by atoms with van der Waals surface area (Å²) in [6, 6.07) is 8.92. The zero-order valence-corrected chi connectivity index (χ0v) is 12.5. The van der Waals surface area contributed by atoms with Gasteiger partial charge in [-0.25, -0.2) is 0 Å². The van der Waals surface area contributed by atoms with Crippen molar-refractivity contribution in [1.29, 1.82) is 0 Å². The lowest BCUT2D eigenvalue weighted by molar-refractivity contribution is 0.0643. The summed E-state index contributed by atoms with van der Waals surface area (Å²) in [6.45, 7) is 2.64. The standard InChI is InChI=1S/C17H24N2O2/c1-11(20)10-19-15-5-6-16(19)9-14(8-15)12-3-2-4-13(7-12)17(18)21/h2-4,7,11,14-16,20H,5-6,8-10H2,1H3,(H2,18,21)/t11?,14-,15+,16-. The van der Waals surface area contributed by atoms with E-state index < -0.39 is 0 Å². The number of carbonyl (C=O) groups excluding carboxylic acids is 1. The molecule has 3 N–H and O–H groups in total. The lowest BCUT2D eigenvalue weighted by atomic mass is 9.84. The van der Waals surface area contributed by atoms with Gasteiger partial charge in [0, 0.05) is 24.2 Å². The first kappa shape index (κ1) is 14.5. The fourth-order valence-corrected chi connectivity index (χ4v) is 4.10. The van der Waals surface area contributed by atoms with E-state index in [1.165, 1.54) is 18.4 Å². The number of hydrogen-bond acceptors (Lipinski definition) is 3. The average molecular weight is 288 g/mol. The van der Waals surface area contributed by atoms with E-state index in [2.05, 4.69) is 11.0 Å². The molecule has 4 nitrogen and oxygen atoms in total. The predicted octanol–water partition coefficient (Wildman–Crippen LogP) is 1.88. The summed E-state index contributed by atoms with van der Waals surface area (Å²) in [5.74, 6) is 0.151. The highest BCUT2D eigenvalue weighted by molar-refractivity contribution is 5.92. The predicted molar refractivity (Wildman–Crippen MR) is 82.1 cm³/mol. The summed E-state index contributed by atoms with van der Waals surface area (Å²) < 4.78 is 0. The minimum Gasteiger partial charge on any atom is -0.392 e. The first-order valence-electron chi connectivity index (χ1n) is 7.88. The van der Waals surface area contributed by atoms with Gasteiger partial charge in [0.05, 0.1) is 6.10 Å². The number of rotatable bonds is 4. The summed E-state index contributed by atoms with van der Waals surface area (Å²) in [5.41, 5.74) is 7.22. The highest BCUT2D eigenvalue weighted by atomic mass is 16.3. The molecule has 1 amide bonds. The number of fused-ring (bicyclic) bond motifs is 2. The van der Waals surface area contributed by atoms with Crippen molar-refractivity contribution in [3.05, 3.63) is 35.4 Å². The van der Waals surface area contributed by atoms with E-state index in [0.717, 1.165) is 19.4 Å². The lowest BCUT2D eigenvalue weighted by Gasteiger charge is -2.39. The monoisotopic (exact) mass is 288 g/mol. The van der Waals surface area contributed by atoms with Gasteiger partial charge in [-0.1, -0.05) is 12.1 Å². The third-order valence-corrected chi connectivity index (χ3v) is 5.00. The van der Waals surface area contributed by atoms with Crippen molar-refractivity contribution in [2.75, 3.05) is 6.54 Å². The largest absolute Gasteiger partial charge is 0.392 e. The van der Waals surface area contributed by atoms with Gasteiger partial charge in [-0.05, 0) is 56.2 Å². The third-order valence-electron chi connectivity index (χ3n) is 5.00. The minimum atomic E-state index is -0.355. The highest BCUT2D eigenvalue weighted by Crippen LogP contribution is 2.43. The number of hydrogen-bond donors (Lipinski definition) is 2. The number of nitrogens with zero attached hydrogens (tertiary/aromatic N) is 1. The van der Waals surface area contributed by atoms with Crippen molar-refractivity contribution in [2.24, 2.45) is 5.73 Å². The average Bonchev–Trinajstić information content (AvgIpc) is 2.69. The molecule has 0 saturated carbocycles. The summed E-state index contributed by atoms with van der Waals surface area (Å²) in [4.78, 5) is 13.8. The molecule has 4 atom stereocenters. The second-order valence-electron chi connectivity index (χ2n) is 6.59. The summed E-state index contributed by atoms with van der Waals surface area (Å²) in [6.07, 6.45) is 4.42. The number of amides is 1. The van der Waals surface area contributed by atoms with Gasteiger partial charge < -0.3 is 10.8 Å². The molecule has 2 saturated heterocycles. The van der Waals surface area contributed by atoms with Crippen LogP contribution in [0.3, 0.4) is 0 Å². The molecular weight excluding hydrogens is 264 g/mol. The van der Waals surface area contributed by atoms with Crippen molar-refractivity contribution in [1.82, 2.24) is 4.90 Å². The molecule has 4 heteroatoms. The second-order valence-corrected chi connectivity index (χ2v) is 6.59. The quantitative estimate of drug-likeness (QED) is 0.889. The van der Waals surface area contributed by atoms with Gasteiger partial charge >= 0.3 is 0 Å². The smallest absolute Gasteiger partial charge is 0.248 e. The van der Waals surface area contributed by atoms with E-state index in [9.17, 15) is 9.90 Å². The molecule has 2 aliphatic rings. The van der Waals surface area contributed by atoms with Crippen LogP contribution in [0.15, 0.2) is 24.3 Å². The zero-order valence-electron chi connectivity index (χ0n) is 12.5. The molecule has 0 aliphatic carbocycles. The lowest BCUT2D eigenvalue weighted by Crippen LogP contribution is -2.45. The van der Waals surface area contributed by atoms with Crippen LogP contribution in [0.1, 0.15) is 54.4 Å². The molecule has 0 spiro atoms. The Morgan fingerprint density at radius 2 is 2.05 bits per heavy atom. The second kappa shape index (κ2) is 5.78. The Hall–Kier alpha value is -1.39. The molecule has 2 bridgehead atoms. The highest BCUT2D eigenvalue weighted by Gasteiger charge is 2.41. The Balaban J connectivity index is 1.75. The van der Waals surface area contributed by atoms with Crippen LogP contribution in [0.25, 0.3) is 0 Å². The number of primary amides is 1. The molecule has 21 heavy (non-hydrogen) atoms. The van der Waals surface area contributed by atoms with Gasteiger partial charge in [0.25, 0.3) is 0 Å². The Labute approximate surface area is 125 Å². The van der Waals surface area contributed by atoms with E-state index in [4.69, 9.17) is 5.73 Å². The van der Waals surface area contributed by atoms with Crippen LogP contribution in [0.5, 0.6) is 0 Å². The number of nitrogens with two attached hydrogens (primary N) is 1. The van der Waals surface area contributed by atoms with Crippen LogP contribution in [-0.2, 0) is 0 Å². The molecule has 2 fully saturated rings. The van der Waals surface area contributed by atoms with E-state index >= 15 is 0 Å². The maximum atomic E-state index is 11.3. The van der Waals surface area contributed by atoms with Gasteiger partial charge in [-0.15, -0.1) is 0 Å². The molecule has 2 aliphatic heterocycles. The molecule has 1 aromatic carbocycles. The van der Waals surface area contributed by atoms with Crippen molar-refractivity contribution < 1.29 is 9.90 Å². The van der Waals surface area contributed by atoms with Gasteiger partial charge in [0.15, 0.2) is 0 Å². The third kappa shape index (κ3) is 2.97. The maximum absolute atomic E-state index is 11.3. The van der Waals surface area contributed by atoms with E-state index in [1.807, 2.05) is 19.1 Å². The number of carbonyl (C=O) groups is 1. The molecule has 1 unspecified atom stereocenters. The van der Waals surface area contributed by atoms with Gasteiger partial charge in [-0.3, -0.25) is 9.69 Å². The summed E-state index contributed by atoms with van der Waals surface area (Å²) >= 11 is 0. The summed E-state index contributed by atoms with van der Waals surface area (Å²) in [7, 11) is 0.